The van der Waals surface area contributed by atoms with Gasteiger partial charge in [0.2, 0.25) is 11.7 Å². The molecule has 9 nitrogen and oxygen atoms in total. The summed E-state index contributed by atoms with van der Waals surface area (Å²) in [6.07, 6.45) is 0.677. The van der Waals surface area contributed by atoms with Crippen molar-refractivity contribution in [3.8, 4) is 22.9 Å². The molecule has 31 heavy (non-hydrogen) atoms. The lowest BCUT2D eigenvalue weighted by Crippen LogP contribution is -2.39. The first-order chi connectivity index (χ1) is 15.1. The first-order valence-electron chi connectivity index (χ1n) is 9.95. The Hall–Kier alpha value is -3.59. The Morgan fingerprint density at radius 1 is 1.06 bits per heavy atom. The van der Waals surface area contributed by atoms with Crippen LogP contribution in [0.1, 0.15) is 18.4 Å². The van der Waals surface area contributed by atoms with Crippen LogP contribution in [0.15, 0.2) is 53.1 Å². The van der Waals surface area contributed by atoms with E-state index in [0.717, 1.165) is 17.1 Å². The summed E-state index contributed by atoms with van der Waals surface area (Å²) in [5, 5.41) is 9.96. The lowest BCUT2D eigenvalue weighted by atomic mass is 10.1. The van der Waals surface area contributed by atoms with Crippen LogP contribution in [0, 0.1) is 0 Å². The molecule has 9 heteroatoms. The molecule has 0 bridgehead atoms. The summed E-state index contributed by atoms with van der Waals surface area (Å²) in [5.41, 5.74) is 1.55. The Bertz CT molecular complexity index is 1020. The van der Waals surface area contributed by atoms with Gasteiger partial charge in [-0.3, -0.25) is 4.90 Å². The van der Waals surface area contributed by atoms with Crippen molar-refractivity contribution in [3.63, 3.8) is 0 Å². The molecule has 1 aliphatic rings. The Labute approximate surface area is 180 Å². The summed E-state index contributed by atoms with van der Waals surface area (Å²) in [6, 6.07) is 14.3. The Morgan fingerprint density at radius 2 is 1.71 bits per heavy atom. The number of urea groups is 1. The van der Waals surface area contributed by atoms with E-state index >= 15 is 0 Å². The Balaban J connectivity index is 1.36. The maximum Gasteiger partial charge on any atom is 0.319 e. The van der Waals surface area contributed by atoms with Gasteiger partial charge in [0.05, 0.1) is 20.3 Å². The number of amides is 2. The molecule has 0 unspecified atom stereocenters. The molecule has 2 N–H and O–H groups in total. The zero-order valence-corrected chi connectivity index (χ0v) is 17.7. The molecule has 1 fully saturated rings. The van der Waals surface area contributed by atoms with Crippen LogP contribution in [-0.4, -0.2) is 54.9 Å². The summed E-state index contributed by atoms with van der Waals surface area (Å²) in [5.74, 6) is 2.57. The molecule has 0 radical (unpaired) electrons. The van der Waals surface area contributed by atoms with Gasteiger partial charge in [-0.2, -0.15) is 4.98 Å². The van der Waals surface area contributed by atoms with Gasteiger partial charge in [-0.1, -0.05) is 5.16 Å². The van der Waals surface area contributed by atoms with Crippen LogP contribution < -0.4 is 20.1 Å². The molecule has 0 aliphatic carbocycles. The summed E-state index contributed by atoms with van der Waals surface area (Å²) < 4.78 is 15.8. The second-order valence-corrected chi connectivity index (χ2v) is 7.40. The highest BCUT2D eigenvalue weighted by Gasteiger charge is 2.35. The Kier molecular flexibility index (Phi) is 6.03. The third-order valence-corrected chi connectivity index (χ3v) is 5.31. The number of benzene rings is 2. The van der Waals surface area contributed by atoms with Crippen molar-refractivity contribution >= 4 is 11.7 Å². The molecule has 2 heterocycles. The van der Waals surface area contributed by atoms with Crippen LogP contribution in [0.3, 0.4) is 0 Å². The molecule has 4 rings (SSSR count). The quantitative estimate of drug-likeness (QED) is 0.627. The molecule has 0 saturated carbocycles. The van der Waals surface area contributed by atoms with Crippen LogP contribution in [0.25, 0.3) is 11.4 Å². The van der Waals surface area contributed by atoms with Crippen LogP contribution in [-0.2, 0) is 0 Å². The Morgan fingerprint density at radius 3 is 2.35 bits per heavy atom. The topological polar surface area (TPSA) is 102 Å². The zero-order chi connectivity index (χ0) is 21.8. The van der Waals surface area contributed by atoms with Crippen LogP contribution >= 0.6 is 0 Å². The number of nitrogens with one attached hydrogen (secondary N) is 2. The predicted octanol–water partition coefficient (Wildman–Crippen LogP) is 3.32. The number of rotatable bonds is 6. The molecule has 1 saturated heterocycles. The van der Waals surface area contributed by atoms with Gasteiger partial charge in [0.25, 0.3) is 0 Å². The van der Waals surface area contributed by atoms with Crippen molar-refractivity contribution in [1.29, 1.82) is 0 Å². The number of likely N-dealkylation sites (tertiary alicyclic amines) is 1. The number of aromatic nitrogens is 2. The third kappa shape index (κ3) is 4.77. The van der Waals surface area contributed by atoms with E-state index in [9.17, 15) is 4.79 Å². The number of hydrogen-bond acceptors (Lipinski definition) is 7. The number of ether oxygens (including phenoxy) is 2. The van der Waals surface area contributed by atoms with Crippen molar-refractivity contribution in [2.24, 2.45) is 0 Å². The van der Waals surface area contributed by atoms with Crippen LogP contribution in [0.5, 0.6) is 11.5 Å². The number of carbonyl (C=O) groups excluding carboxylic acids is 1. The number of likely N-dealkylation sites (N-methyl/N-ethyl adjacent to an activating group) is 1. The van der Waals surface area contributed by atoms with Crippen LogP contribution in [0.2, 0.25) is 0 Å². The molecular formula is C22H25N5O4. The van der Waals surface area contributed by atoms with Gasteiger partial charge in [0.15, 0.2) is 0 Å². The van der Waals surface area contributed by atoms with E-state index in [1.165, 1.54) is 0 Å². The highest BCUT2D eigenvalue weighted by Crippen LogP contribution is 2.31. The van der Waals surface area contributed by atoms with Crippen molar-refractivity contribution in [3.05, 3.63) is 54.4 Å². The van der Waals surface area contributed by atoms with E-state index in [1.807, 2.05) is 31.3 Å². The van der Waals surface area contributed by atoms with E-state index in [4.69, 9.17) is 14.0 Å². The van der Waals surface area contributed by atoms with Gasteiger partial charge < -0.3 is 24.6 Å². The monoisotopic (exact) mass is 423 g/mol. The highest BCUT2D eigenvalue weighted by molar-refractivity contribution is 5.89. The van der Waals surface area contributed by atoms with Gasteiger partial charge in [-0.15, -0.1) is 0 Å². The smallest absolute Gasteiger partial charge is 0.319 e. The highest BCUT2D eigenvalue weighted by atomic mass is 16.5. The van der Waals surface area contributed by atoms with E-state index in [0.29, 0.717) is 30.4 Å². The maximum absolute atomic E-state index is 12.4. The zero-order valence-electron chi connectivity index (χ0n) is 17.7. The SMILES string of the molecule is COc1ccc(NC(=O)N[C@H]2C[C@@H](c3nc(-c4ccc(OC)cc4)no3)N(C)C2)cc1. The van der Waals surface area contributed by atoms with Gasteiger partial charge in [-0.05, 0) is 62.0 Å². The van der Waals surface area contributed by atoms with Crippen LogP contribution in [0.4, 0.5) is 10.5 Å². The number of carbonyl (C=O) groups is 1. The number of hydrogen-bond donors (Lipinski definition) is 2. The molecule has 1 aliphatic heterocycles. The molecule has 3 aromatic rings. The minimum atomic E-state index is -0.256. The predicted molar refractivity (Wildman–Crippen MR) is 115 cm³/mol. The number of nitrogens with zero attached hydrogens (tertiary/aromatic N) is 3. The largest absolute Gasteiger partial charge is 0.497 e. The van der Waals surface area contributed by atoms with Gasteiger partial charge in [-0.25, -0.2) is 4.79 Å². The second kappa shape index (κ2) is 9.05. The van der Waals surface area contributed by atoms with Crippen molar-refractivity contribution in [2.75, 3.05) is 33.1 Å². The fourth-order valence-corrected chi connectivity index (χ4v) is 3.65. The lowest BCUT2D eigenvalue weighted by Gasteiger charge is -2.14. The first-order valence-corrected chi connectivity index (χ1v) is 9.95. The average Bonchev–Trinajstić information content (AvgIpc) is 3.41. The maximum atomic E-state index is 12.4. The van der Waals surface area contributed by atoms with E-state index in [-0.39, 0.29) is 18.1 Å². The summed E-state index contributed by atoms with van der Waals surface area (Å²) in [6.45, 7) is 0.681. The number of anilines is 1. The molecule has 162 valence electrons. The summed E-state index contributed by atoms with van der Waals surface area (Å²) in [4.78, 5) is 19.0. The van der Waals surface area contributed by atoms with Crippen molar-refractivity contribution in [2.45, 2.75) is 18.5 Å². The summed E-state index contributed by atoms with van der Waals surface area (Å²) in [7, 11) is 5.20. The number of methoxy groups -OCH3 is 2. The molecule has 2 amide bonds. The molecule has 0 spiro atoms. The summed E-state index contributed by atoms with van der Waals surface area (Å²) >= 11 is 0. The molecule has 2 atom stereocenters. The first kappa shape index (κ1) is 20.7. The van der Waals surface area contributed by atoms with Gasteiger partial charge >= 0.3 is 6.03 Å². The third-order valence-electron chi connectivity index (χ3n) is 5.31. The molecule has 2 aromatic carbocycles. The normalized spacial score (nSPS) is 18.5. The second-order valence-electron chi connectivity index (χ2n) is 7.40. The van der Waals surface area contributed by atoms with E-state index in [2.05, 4.69) is 25.7 Å². The van der Waals surface area contributed by atoms with Crippen molar-refractivity contribution < 1.29 is 18.8 Å². The van der Waals surface area contributed by atoms with Gasteiger partial charge in [0.1, 0.15) is 11.5 Å². The standard InChI is InChI=1S/C22H25N5O4/c1-27-13-16(24-22(28)23-15-6-10-18(30-3)11-7-15)12-19(27)21-25-20(26-31-21)14-4-8-17(29-2)9-5-14/h4-11,16,19H,12-13H2,1-3H3,(H2,23,24,28)/t16-,19-/m0/s1. The minimum Gasteiger partial charge on any atom is -0.497 e. The van der Waals surface area contributed by atoms with Crippen molar-refractivity contribution in [1.82, 2.24) is 20.4 Å². The fraction of sp³-hybridized carbons (Fsp3) is 0.318. The average molecular weight is 423 g/mol. The minimum absolute atomic E-state index is 0.0374. The fourth-order valence-electron chi connectivity index (χ4n) is 3.65. The van der Waals surface area contributed by atoms with Gasteiger partial charge in [0, 0.05) is 23.8 Å². The molecular weight excluding hydrogens is 398 g/mol. The molecule has 1 aromatic heterocycles. The lowest BCUT2D eigenvalue weighted by molar-refractivity contribution is 0.243. The van der Waals surface area contributed by atoms with E-state index < -0.39 is 0 Å². The van der Waals surface area contributed by atoms with E-state index in [1.54, 1.807) is 38.5 Å².